The summed E-state index contributed by atoms with van der Waals surface area (Å²) < 4.78 is 31.9. The number of amides is 1. The first-order valence-electron chi connectivity index (χ1n) is 11.6. The van der Waals surface area contributed by atoms with E-state index in [4.69, 9.17) is 0 Å². The minimum atomic E-state index is -3.97. The van der Waals surface area contributed by atoms with Crippen molar-refractivity contribution in [3.63, 3.8) is 0 Å². The average molecular weight is 498 g/mol. The summed E-state index contributed by atoms with van der Waals surface area (Å²) in [6, 6.07) is 9.62. The van der Waals surface area contributed by atoms with Crippen LogP contribution in [0.15, 0.2) is 50.9 Å². The fraction of sp³-hybridized carbons (Fsp3) is 0.375. The molecule has 10 nitrogen and oxygen atoms in total. The average Bonchev–Trinajstić information content (AvgIpc) is 3.53. The molecule has 2 aromatic carbocycles. The Bertz CT molecular complexity index is 1550. The van der Waals surface area contributed by atoms with E-state index in [1.165, 1.54) is 35.4 Å². The van der Waals surface area contributed by atoms with Crippen LogP contribution in [0.25, 0.3) is 11.0 Å². The highest BCUT2D eigenvalue weighted by molar-refractivity contribution is 7.92. The van der Waals surface area contributed by atoms with Gasteiger partial charge < -0.3 is 18.9 Å². The number of nitrogens with one attached hydrogen (secondary N) is 1. The summed E-state index contributed by atoms with van der Waals surface area (Å²) in [5.41, 5.74) is 1.33. The molecule has 35 heavy (non-hydrogen) atoms. The lowest BCUT2D eigenvalue weighted by Crippen LogP contribution is -2.39. The zero-order valence-electron chi connectivity index (χ0n) is 19.7. The molecule has 2 fully saturated rings. The Hall–Kier alpha value is -3.60. The van der Waals surface area contributed by atoms with E-state index in [1.807, 2.05) is 0 Å². The Morgan fingerprint density at radius 2 is 1.40 bits per heavy atom. The number of aromatic nitrogens is 2. The Morgan fingerprint density at radius 3 is 1.97 bits per heavy atom. The van der Waals surface area contributed by atoms with Gasteiger partial charge in [-0.1, -0.05) is 0 Å². The number of hydrogen-bond acceptors (Lipinski definition) is 6. The van der Waals surface area contributed by atoms with Crippen LogP contribution in [-0.4, -0.2) is 43.1 Å². The predicted octanol–water partition coefficient (Wildman–Crippen LogP) is 1.76. The van der Waals surface area contributed by atoms with Gasteiger partial charge in [0.2, 0.25) is 5.91 Å². The number of hydrogen-bond donors (Lipinski definition) is 1. The van der Waals surface area contributed by atoms with Gasteiger partial charge in [-0.05, 0) is 55.7 Å². The van der Waals surface area contributed by atoms with Crippen molar-refractivity contribution in [3.8, 4) is 0 Å². The second-order valence-electron chi connectivity index (χ2n) is 9.03. The number of sulfonamides is 1. The standard InChI is InChI=1S/C24H27N5O5S/c1-26-20-14-18(19(28-11-3-4-12-28)15-21(20)27(2)24(32)23(26)31)25-35(33,34)17-9-7-16(8-10-17)29-13-5-6-22(29)30/h7-10,14-15,25H,3-6,11-13H2,1-2H3. The van der Waals surface area contributed by atoms with Gasteiger partial charge in [-0.2, -0.15) is 0 Å². The molecule has 0 spiro atoms. The predicted molar refractivity (Wildman–Crippen MR) is 135 cm³/mol. The first-order valence-corrected chi connectivity index (χ1v) is 13.1. The third-order valence-electron chi connectivity index (χ3n) is 6.83. The van der Waals surface area contributed by atoms with Gasteiger partial charge in [-0.3, -0.25) is 19.1 Å². The van der Waals surface area contributed by atoms with Gasteiger partial charge >= 0.3 is 11.1 Å². The van der Waals surface area contributed by atoms with Crippen molar-refractivity contribution in [1.82, 2.24) is 9.13 Å². The zero-order valence-corrected chi connectivity index (χ0v) is 20.5. The van der Waals surface area contributed by atoms with Crippen LogP contribution in [-0.2, 0) is 28.9 Å². The van der Waals surface area contributed by atoms with Crippen LogP contribution in [0.5, 0.6) is 0 Å². The second kappa shape index (κ2) is 8.56. The SMILES string of the molecule is Cn1c(=O)c(=O)n(C)c2cc(N3CCCC3)c(NS(=O)(=O)c3ccc(N4CCCC4=O)cc3)cc21. The maximum atomic E-state index is 13.3. The molecule has 0 bridgehead atoms. The minimum Gasteiger partial charge on any atom is -0.370 e. The number of anilines is 3. The fourth-order valence-corrected chi connectivity index (χ4v) is 5.91. The number of carbonyl (C=O) groups excluding carboxylic acids is 1. The molecule has 0 saturated carbocycles. The van der Waals surface area contributed by atoms with E-state index in [2.05, 4.69) is 9.62 Å². The molecule has 0 atom stereocenters. The molecule has 0 aliphatic carbocycles. The van der Waals surface area contributed by atoms with Gasteiger partial charge in [0.1, 0.15) is 0 Å². The van der Waals surface area contributed by atoms with E-state index < -0.39 is 21.1 Å². The van der Waals surface area contributed by atoms with E-state index in [-0.39, 0.29) is 10.8 Å². The first kappa shape index (κ1) is 23.2. The van der Waals surface area contributed by atoms with Crippen LogP contribution in [0, 0.1) is 0 Å². The third kappa shape index (κ3) is 3.99. The number of carbonyl (C=O) groups is 1. The Balaban J connectivity index is 1.57. The molecule has 184 valence electrons. The first-order chi connectivity index (χ1) is 16.7. The number of aryl methyl sites for hydroxylation is 2. The molecule has 5 rings (SSSR count). The van der Waals surface area contributed by atoms with Crippen molar-refractivity contribution in [2.45, 2.75) is 30.6 Å². The fourth-order valence-electron chi connectivity index (χ4n) is 4.84. The van der Waals surface area contributed by atoms with E-state index >= 15 is 0 Å². The van der Waals surface area contributed by atoms with Gasteiger partial charge in [0.25, 0.3) is 10.0 Å². The van der Waals surface area contributed by atoms with Crippen molar-refractivity contribution in [3.05, 3.63) is 57.1 Å². The van der Waals surface area contributed by atoms with E-state index in [1.54, 1.807) is 29.2 Å². The molecule has 1 amide bonds. The molecule has 1 aromatic heterocycles. The van der Waals surface area contributed by atoms with Crippen molar-refractivity contribution in [1.29, 1.82) is 0 Å². The quantitative estimate of drug-likeness (QED) is 0.538. The van der Waals surface area contributed by atoms with Gasteiger partial charge in [0.05, 0.1) is 27.3 Å². The van der Waals surface area contributed by atoms with Gasteiger partial charge in [0.15, 0.2) is 0 Å². The minimum absolute atomic E-state index is 0.0326. The van der Waals surface area contributed by atoms with Crippen molar-refractivity contribution in [2.75, 3.05) is 34.2 Å². The largest absolute Gasteiger partial charge is 0.370 e. The maximum absolute atomic E-state index is 13.3. The smallest absolute Gasteiger partial charge is 0.316 e. The second-order valence-corrected chi connectivity index (χ2v) is 10.7. The van der Waals surface area contributed by atoms with Crippen molar-refractivity contribution < 1.29 is 13.2 Å². The number of benzene rings is 2. The van der Waals surface area contributed by atoms with Crippen LogP contribution in [0.4, 0.5) is 17.1 Å². The highest BCUT2D eigenvalue weighted by Gasteiger charge is 2.25. The summed E-state index contributed by atoms with van der Waals surface area (Å²) in [5, 5.41) is 0. The summed E-state index contributed by atoms with van der Waals surface area (Å²) >= 11 is 0. The van der Waals surface area contributed by atoms with Crippen LogP contribution >= 0.6 is 0 Å². The lowest BCUT2D eigenvalue weighted by atomic mass is 10.2. The van der Waals surface area contributed by atoms with Crippen LogP contribution in [0.2, 0.25) is 0 Å². The third-order valence-corrected chi connectivity index (χ3v) is 8.21. The van der Waals surface area contributed by atoms with E-state index in [0.717, 1.165) is 32.4 Å². The number of rotatable bonds is 5. The normalized spacial score (nSPS) is 16.5. The lowest BCUT2D eigenvalue weighted by molar-refractivity contribution is -0.117. The summed E-state index contributed by atoms with van der Waals surface area (Å²) in [7, 11) is -0.929. The molecule has 1 N–H and O–H groups in total. The molecule has 11 heteroatoms. The topological polar surface area (TPSA) is 114 Å². The van der Waals surface area contributed by atoms with E-state index in [0.29, 0.717) is 41.1 Å². The number of fused-ring (bicyclic) bond motifs is 1. The summed E-state index contributed by atoms with van der Waals surface area (Å²) in [6.45, 7) is 2.15. The summed E-state index contributed by atoms with van der Waals surface area (Å²) in [4.78, 5) is 40.5. The van der Waals surface area contributed by atoms with Crippen molar-refractivity contribution >= 4 is 44.0 Å². The van der Waals surface area contributed by atoms with Crippen LogP contribution < -0.4 is 25.6 Å². The Morgan fingerprint density at radius 1 is 0.800 bits per heavy atom. The molecule has 0 radical (unpaired) electrons. The van der Waals surface area contributed by atoms with E-state index in [9.17, 15) is 22.8 Å². The maximum Gasteiger partial charge on any atom is 0.316 e. The molecular weight excluding hydrogens is 470 g/mol. The van der Waals surface area contributed by atoms with Crippen LogP contribution in [0.1, 0.15) is 25.7 Å². The van der Waals surface area contributed by atoms with Crippen LogP contribution in [0.3, 0.4) is 0 Å². The van der Waals surface area contributed by atoms with Gasteiger partial charge in [-0.25, -0.2) is 8.42 Å². The molecule has 2 aliphatic rings. The Kier molecular flexibility index (Phi) is 5.66. The van der Waals surface area contributed by atoms with Crippen molar-refractivity contribution in [2.24, 2.45) is 14.1 Å². The molecule has 2 saturated heterocycles. The molecular formula is C24H27N5O5S. The zero-order chi connectivity index (χ0) is 24.9. The van der Waals surface area contributed by atoms with Gasteiger partial charge in [-0.15, -0.1) is 0 Å². The summed E-state index contributed by atoms with van der Waals surface area (Å²) in [6.07, 6.45) is 3.24. The molecule has 3 heterocycles. The van der Waals surface area contributed by atoms with Gasteiger partial charge in [0, 0.05) is 45.8 Å². The molecule has 3 aromatic rings. The highest BCUT2D eigenvalue weighted by Crippen LogP contribution is 2.34. The highest BCUT2D eigenvalue weighted by atomic mass is 32.2. The number of nitrogens with zero attached hydrogens (tertiary/aromatic N) is 4. The summed E-state index contributed by atoms with van der Waals surface area (Å²) in [5.74, 6) is 0.0326. The monoisotopic (exact) mass is 497 g/mol. The molecule has 2 aliphatic heterocycles. The lowest BCUT2D eigenvalue weighted by Gasteiger charge is -2.24. The molecule has 0 unspecified atom stereocenters. The Labute approximate surface area is 202 Å².